The Labute approximate surface area is 149 Å². The average molecular weight is 348 g/mol. The van der Waals surface area contributed by atoms with Crippen molar-refractivity contribution in [1.29, 1.82) is 0 Å². The van der Waals surface area contributed by atoms with Gasteiger partial charge in [-0.15, -0.1) is 0 Å². The number of rotatable bonds is 3. The summed E-state index contributed by atoms with van der Waals surface area (Å²) in [5.74, 6) is 0. The van der Waals surface area contributed by atoms with Gasteiger partial charge in [0.15, 0.2) is 0 Å². The smallest absolute Gasteiger partial charge is 0.410 e. The molecular formula is C19H28N2O4. The van der Waals surface area contributed by atoms with E-state index in [0.29, 0.717) is 6.54 Å². The van der Waals surface area contributed by atoms with Gasteiger partial charge in [-0.2, -0.15) is 0 Å². The average Bonchev–Trinajstić information content (AvgIpc) is 2.54. The van der Waals surface area contributed by atoms with E-state index in [9.17, 15) is 9.59 Å². The van der Waals surface area contributed by atoms with Crippen molar-refractivity contribution in [2.75, 3.05) is 6.54 Å². The first kappa shape index (κ1) is 19.1. The number of likely N-dealkylation sites (tertiary alicyclic amines) is 1. The molecule has 1 fully saturated rings. The number of benzene rings is 1. The Kier molecular flexibility index (Phi) is 6.28. The van der Waals surface area contributed by atoms with Gasteiger partial charge in [0.2, 0.25) is 0 Å². The normalized spacial score (nSPS) is 20.7. The number of carbonyl (C=O) groups is 2. The summed E-state index contributed by atoms with van der Waals surface area (Å²) < 4.78 is 10.7. The SMILES string of the molecule is C[C@H]1[C@@H](NC(=O)OCc2ccccc2)CCCN1C(=O)OC(C)(C)C. The summed E-state index contributed by atoms with van der Waals surface area (Å²) >= 11 is 0. The molecule has 0 spiro atoms. The molecule has 6 heteroatoms. The van der Waals surface area contributed by atoms with Crippen molar-refractivity contribution in [3.05, 3.63) is 35.9 Å². The maximum Gasteiger partial charge on any atom is 0.410 e. The Balaban J connectivity index is 1.86. The van der Waals surface area contributed by atoms with E-state index in [1.54, 1.807) is 4.90 Å². The zero-order chi connectivity index (χ0) is 18.4. The van der Waals surface area contributed by atoms with Crippen LogP contribution in [0.25, 0.3) is 0 Å². The van der Waals surface area contributed by atoms with Crippen molar-refractivity contribution in [2.24, 2.45) is 0 Å². The second kappa shape index (κ2) is 8.23. The Bertz CT molecular complexity index is 583. The highest BCUT2D eigenvalue weighted by Crippen LogP contribution is 2.21. The summed E-state index contributed by atoms with van der Waals surface area (Å²) in [6.45, 7) is 8.31. The zero-order valence-corrected chi connectivity index (χ0v) is 15.5. The summed E-state index contributed by atoms with van der Waals surface area (Å²) in [5, 5.41) is 2.88. The Hall–Kier alpha value is -2.24. The zero-order valence-electron chi connectivity index (χ0n) is 15.5. The van der Waals surface area contributed by atoms with Gasteiger partial charge < -0.3 is 19.7 Å². The second-order valence-electron chi connectivity index (χ2n) is 7.37. The van der Waals surface area contributed by atoms with Crippen LogP contribution in [0.4, 0.5) is 9.59 Å². The first-order chi connectivity index (χ1) is 11.8. The van der Waals surface area contributed by atoms with Crippen molar-refractivity contribution in [1.82, 2.24) is 10.2 Å². The number of hydrogen-bond donors (Lipinski definition) is 1. The molecule has 0 aliphatic carbocycles. The number of nitrogens with zero attached hydrogens (tertiary/aromatic N) is 1. The van der Waals surface area contributed by atoms with E-state index in [1.807, 2.05) is 58.0 Å². The third-order valence-electron chi connectivity index (χ3n) is 4.13. The number of hydrogen-bond acceptors (Lipinski definition) is 4. The quantitative estimate of drug-likeness (QED) is 0.904. The summed E-state index contributed by atoms with van der Waals surface area (Å²) in [5.41, 5.74) is 0.399. The minimum absolute atomic E-state index is 0.145. The van der Waals surface area contributed by atoms with Crippen molar-refractivity contribution in [3.63, 3.8) is 0 Å². The highest BCUT2D eigenvalue weighted by atomic mass is 16.6. The Morgan fingerprint density at radius 2 is 1.92 bits per heavy atom. The van der Waals surface area contributed by atoms with Crippen molar-refractivity contribution in [2.45, 2.75) is 64.8 Å². The van der Waals surface area contributed by atoms with Crippen LogP contribution in [0.5, 0.6) is 0 Å². The summed E-state index contributed by atoms with van der Waals surface area (Å²) in [7, 11) is 0. The molecule has 1 aliphatic rings. The molecule has 0 aromatic heterocycles. The molecule has 6 nitrogen and oxygen atoms in total. The highest BCUT2D eigenvalue weighted by Gasteiger charge is 2.34. The lowest BCUT2D eigenvalue weighted by Crippen LogP contribution is -2.56. The van der Waals surface area contributed by atoms with Gasteiger partial charge >= 0.3 is 12.2 Å². The minimum atomic E-state index is -0.536. The lowest BCUT2D eigenvalue weighted by atomic mass is 9.98. The molecule has 1 aliphatic heterocycles. The van der Waals surface area contributed by atoms with Gasteiger partial charge in [0.05, 0.1) is 12.1 Å². The fourth-order valence-corrected chi connectivity index (χ4v) is 2.83. The molecule has 1 saturated heterocycles. The summed E-state index contributed by atoms with van der Waals surface area (Å²) in [4.78, 5) is 26.1. The molecule has 138 valence electrons. The predicted molar refractivity (Wildman–Crippen MR) is 95.2 cm³/mol. The molecule has 25 heavy (non-hydrogen) atoms. The van der Waals surface area contributed by atoms with Crippen LogP contribution in [0.3, 0.4) is 0 Å². The van der Waals surface area contributed by atoms with Crippen LogP contribution in [0, 0.1) is 0 Å². The van der Waals surface area contributed by atoms with Crippen LogP contribution < -0.4 is 5.32 Å². The lowest BCUT2D eigenvalue weighted by Gasteiger charge is -2.39. The Morgan fingerprint density at radius 1 is 1.24 bits per heavy atom. The van der Waals surface area contributed by atoms with E-state index in [0.717, 1.165) is 18.4 Å². The van der Waals surface area contributed by atoms with Gasteiger partial charge in [-0.1, -0.05) is 30.3 Å². The van der Waals surface area contributed by atoms with E-state index in [-0.39, 0.29) is 24.8 Å². The van der Waals surface area contributed by atoms with E-state index < -0.39 is 11.7 Å². The topological polar surface area (TPSA) is 67.9 Å². The van der Waals surface area contributed by atoms with Crippen LogP contribution in [-0.4, -0.2) is 41.3 Å². The van der Waals surface area contributed by atoms with E-state index in [4.69, 9.17) is 9.47 Å². The number of carbonyl (C=O) groups excluding carboxylic acids is 2. The van der Waals surface area contributed by atoms with Crippen LogP contribution in [0.1, 0.15) is 46.1 Å². The van der Waals surface area contributed by atoms with Gasteiger partial charge in [-0.3, -0.25) is 0 Å². The molecule has 1 aromatic carbocycles. The number of ether oxygens (including phenoxy) is 2. The third kappa shape index (κ3) is 5.96. The third-order valence-corrected chi connectivity index (χ3v) is 4.13. The Morgan fingerprint density at radius 3 is 2.56 bits per heavy atom. The van der Waals surface area contributed by atoms with Crippen molar-refractivity contribution in [3.8, 4) is 0 Å². The molecule has 0 radical (unpaired) electrons. The van der Waals surface area contributed by atoms with Crippen LogP contribution in [0.15, 0.2) is 30.3 Å². The summed E-state index contributed by atoms with van der Waals surface area (Å²) in [6, 6.07) is 9.23. The molecule has 2 amide bonds. The second-order valence-corrected chi connectivity index (χ2v) is 7.37. The molecule has 0 bridgehead atoms. The lowest BCUT2D eigenvalue weighted by molar-refractivity contribution is 0.00666. The molecule has 0 saturated carbocycles. The molecule has 1 aromatic rings. The van der Waals surface area contributed by atoms with E-state index in [2.05, 4.69) is 5.32 Å². The molecule has 0 unspecified atom stereocenters. The molecule has 2 atom stereocenters. The number of piperidine rings is 1. The van der Waals surface area contributed by atoms with Gasteiger partial charge in [-0.05, 0) is 46.1 Å². The number of alkyl carbamates (subject to hydrolysis) is 1. The minimum Gasteiger partial charge on any atom is -0.445 e. The fourth-order valence-electron chi connectivity index (χ4n) is 2.83. The van der Waals surface area contributed by atoms with Gasteiger partial charge in [0, 0.05) is 6.54 Å². The van der Waals surface area contributed by atoms with Gasteiger partial charge in [0.25, 0.3) is 0 Å². The fraction of sp³-hybridized carbons (Fsp3) is 0.579. The van der Waals surface area contributed by atoms with Crippen LogP contribution in [-0.2, 0) is 16.1 Å². The molecular weight excluding hydrogens is 320 g/mol. The standard InChI is InChI=1S/C19H28N2O4/c1-14-16(11-8-12-21(14)18(23)25-19(2,3)4)20-17(22)24-13-15-9-6-5-7-10-15/h5-7,9-10,14,16H,8,11-13H2,1-4H3,(H,20,22)/t14-,16-/m0/s1. The molecule has 1 N–H and O–H groups in total. The molecule has 2 rings (SSSR count). The van der Waals surface area contributed by atoms with Crippen LogP contribution >= 0.6 is 0 Å². The first-order valence-electron chi connectivity index (χ1n) is 8.73. The van der Waals surface area contributed by atoms with Crippen molar-refractivity contribution < 1.29 is 19.1 Å². The summed E-state index contributed by atoms with van der Waals surface area (Å²) in [6.07, 6.45) is 0.810. The molecule has 1 heterocycles. The van der Waals surface area contributed by atoms with Gasteiger partial charge in [-0.25, -0.2) is 9.59 Å². The first-order valence-corrected chi connectivity index (χ1v) is 8.73. The van der Waals surface area contributed by atoms with Crippen LogP contribution in [0.2, 0.25) is 0 Å². The maximum absolute atomic E-state index is 12.3. The monoisotopic (exact) mass is 348 g/mol. The van der Waals surface area contributed by atoms with Gasteiger partial charge in [0.1, 0.15) is 12.2 Å². The van der Waals surface area contributed by atoms with Crippen molar-refractivity contribution >= 4 is 12.2 Å². The van der Waals surface area contributed by atoms with E-state index in [1.165, 1.54) is 0 Å². The highest BCUT2D eigenvalue weighted by molar-refractivity contribution is 5.70. The maximum atomic E-state index is 12.3. The number of nitrogens with one attached hydrogen (secondary N) is 1. The number of amides is 2. The largest absolute Gasteiger partial charge is 0.445 e. The van der Waals surface area contributed by atoms with E-state index >= 15 is 0 Å². The predicted octanol–water partition coefficient (Wildman–Crippen LogP) is 3.70.